The van der Waals surface area contributed by atoms with Gasteiger partial charge < -0.3 is 11.1 Å². The van der Waals surface area contributed by atoms with Gasteiger partial charge in [-0.1, -0.05) is 0 Å². The van der Waals surface area contributed by atoms with E-state index in [1.165, 1.54) is 0 Å². The highest BCUT2D eigenvalue weighted by molar-refractivity contribution is 5.17. The Morgan fingerprint density at radius 2 is 2.09 bits per heavy atom. The molecule has 0 unspecified atom stereocenters. The highest BCUT2D eigenvalue weighted by Crippen LogP contribution is 1.96. The summed E-state index contributed by atoms with van der Waals surface area (Å²) in [6.45, 7) is 0.938. The Morgan fingerprint density at radius 3 is 2.64 bits per heavy atom. The number of hydrogen-bond donors (Lipinski definition) is 2. The molecule has 1 heterocycles. The van der Waals surface area contributed by atoms with Crippen LogP contribution in [0.15, 0.2) is 12.4 Å². The molecule has 0 radical (unpaired) electrons. The van der Waals surface area contributed by atoms with Gasteiger partial charge in [0.25, 0.3) is 0 Å². The number of nitrogen functional groups attached to an aromatic ring is 1. The smallest absolute Gasteiger partial charge is 0.219 e. The standard InChI is InChI=1S/C7H12N4/c1-9-3-2-6-4-10-7(8)11-5-6/h4-5,9H,2-3H2,1H3,(H2,8,10,11). The molecule has 0 aromatic carbocycles. The van der Waals surface area contributed by atoms with Crippen molar-refractivity contribution in [2.45, 2.75) is 6.42 Å². The van der Waals surface area contributed by atoms with Gasteiger partial charge in [-0.2, -0.15) is 0 Å². The molecule has 11 heavy (non-hydrogen) atoms. The number of likely N-dealkylation sites (N-methyl/N-ethyl adjacent to an activating group) is 1. The van der Waals surface area contributed by atoms with E-state index in [0.717, 1.165) is 18.5 Å². The minimum Gasteiger partial charge on any atom is -0.368 e. The first-order chi connectivity index (χ1) is 5.33. The van der Waals surface area contributed by atoms with Gasteiger partial charge in [-0.15, -0.1) is 0 Å². The molecule has 1 aromatic rings. The van der Waals surface area contributed by atoms with E-state index in [1.54, 1.807) is 12.4 Å². The first kappa shape index (κ1) is 7.94. The molecule has 0 spiro atoms. The Bertz CT molecular complexity index is 206. The zero-order valence-electron chi connectivity index (χ0n) is 6.54. The third-order valence-corrected chi connectivity index (χ3v) is 1.39. The minimum atomic E-state index is 0.332. The number of nitrogens with two attached hydrogens (primary N) is 1. The lowest BCUT2D eigenvalue weighted by Gasteiger charge is -1.98. The van der Waals surface area contributed by atoms with Crippen LogP contribution in [0.5, 0.6) is 0 Å². The normalized spacial score (nSPS) is 9.91. The van der Waals surface area contributed by atoms with Crippen LogP contribution in [0, 0.1) is 0 Å². The first-order valence-corrected chi connectivity index (χ1v) is 3.54. The Kier molecular flexibility index (Phi) is 2.80. The van der Waals surface area contributed by atoms with Gasteiger partial charge >= 0.3 is 0 Å². The maximum absolute atomic E-state index is 5.32. The lowest BCUT2D eigenvalue weighted by atomic mass is 10.2. The fourth-order valence-corrected chi connectivity index (χ4v) is 0.763. The van der Waals surface area contributed by atoms with E-state index in [0.29, 0.717) is 5.95 Å². The predicted molar refractivity (Wildman–Crippen MR) is 44.1 cm³/mol. The van der Waals surface area contributed by atoms with Crippen LogP contribution in [0.1, 0.15) is 5.56 Å². The quantitative estimate of drug-likeness (QED) is 0.630. The molecule has 0 aliphatic carbocycles. The lowest BCUT2D eigenvalue weighted by Crippen LogP contribution is -2.10. The van der Waals surface area contributed by atoms with Crippen LogP contribution in [0.2, 0.25) is 0 Å². The fourth-order valence-electron chi connectivity index (χ4n) is 0.763. The van der Waals surface area contributed by atoms with Crippen LogP contribution in [0.3, 0.4) is 0 Å². The van der Waals surface area contributed by atoms with E-state index in [9.17, 15) is 0 Å². The molecule has 0 atom stereocenters. The maximum Gasteiger partial charge on any atom is 0.219 e. The molecule has 0 amide bonds. The average Bonchev–Trinajstić information content (AvgIpc) is 2.04. The summed E-state index contributed by atoms with van der Waals surface area (Å²) in [5, 5.41) is 3.04. The molecule has 4 heteroatoms. The van der Waals surface area contributed by atoms with Crippen molar-refractivity contribution in [3.05, 3.63) is 18.0 Å². The highest BCUT2D eigenvalue weighted by atomic mass is 15.0. The van der Waals surface area contributed by atoms with Crippen molar-refractivity contribution in [1.82, 2.24) is 15.3 Å². The van der Waals surface area contributed by atoms with Gasteiger partial charge in [0, 0.05) is 12.4 Å². The molecule has 1 rings (SSSR count). The predicted octanol–water partition coefficient (Wildman–Crippen LogP) is -0.179. The average molecular weight is 152 g/mol. The van der Waals surface area contributed by atoms with E-state index in [2.05, 4.69) is 15.3 Å². The van der Waals surface area contributed by atoms with Crippen molar-refractivity contribution in [2.75, 3.05) is 19.3 Å². The summed E-state index contributed by atoms with van der Waals surface area (Å²) in [7, 11) is 1.91. The third kappa shape index (κ3) is 2.51. The Labute approximate surface area is 65.9 Å². The summed E-state index contributed by atoms with van der Waals surface area (Å²) in [4.78, 5) is 7.74. The van der Waals surface area contributed by atoms with Gasteiger partial charge in [-0.25, -0.2) is 9.97 Å². The number of anilines is 1. The van der Waals surface area contributed by atoms with Crippen molar-refractivity contribution in [2.24, 2.45) is 0 Å². The van der Waals surface area contributed by atoms with Crippen molar-refractivity contribution in [3.8, 4) is 0 Å². The summed E-state index contributed by atoms with van der Waals surface area (Å²) in [5.74, 6) is 0.332. The van der Waals surface area contributed by atoms with Gasteiger partial charge in [-0.05, 0) is 25.6 Å². The molecule has 1 aromatic heterocycles. The van der Waals surface area contributed by atoms with Gasteiger partial charge in [-0.3, -0.25) is 0 Å². The second-order valence-corrected chi connectivity index (χ2v) is 2.30. The summed E-state index contributed by atoms with van der Waals surface area (Å²) in [5.41, 5.74) is 6.42. The largest absolute Gasteiger partial charge is 0.368 e. The second-order valence-electron chi connectivity index (χ2n) is 2.30. The molecule has 4 nitrogen and oxygen atoms in total. The molecule has 0 saturated heterocycles. The van der Waals surface area contributed by atoms with Crippen molar-refractivity contribution < 1.29 is 0 Å². The Morgan fingerprint density at radius 1 is 1.45 bits per heavy atom. The zero-order valence-corrected chi connectivity index (χ0v) is 6.54. The van der Waals surface area contributed by atoms with Gasteiger partial charge in [0.15, 0.2) is 0 Å². The van der Waals surface area contributed by atoms with Crippen molar-refractivity contribution in [1.29, 1.82) is 0 Å². The van der Waals surface area contributed by atoms with E-state index in [1.807, 2.05) is 7.05 Å². The Balaban J connectivity index is 2.52. The second kappa shape index (κ2) is 3.88. The van der Waals surface area contributed by atoms with Crippen molar-refractivity contribution in [3.63, 3.8) is 0 Å². The topological polar surface area (TPSA) is 63.8 Å². The SMILES string of the molecule is CNCCc1cnc(N)nc1. The Hall–Kier alpha value is -1.16. The van der Waals surface area contributed by atoms with Crippen LogP contribution < -0.4 is 11.1 Å². The van der Waals surface area contributed by atoms with Gasteiger partial charge in [0.1, 0.15) is 0 Å². The fraction of sp³-hybridized carbons (Fsp3) is 0.429. The van der Waals surface area contributed by atoms with Gasteiger partial charge in [0.2, 0.25) is 5.95 Å². The van der Waals surface area contributed by atoms with Crippen LogP contribution in [0.4, 0.5) is 5.95 Å². The van der Waals surface area contributed by atoms with E-state index in [4.69, 9.17) is 5.73 Å². The van der Waals surface area contributed by atoms with Crippen molar-refractivity contribution >= 4 is 5.95 Å². The number of hydrogen-bond acceptors (Lipinski definition) is 4. The molecule has 3 N–H and O–H groups in total. The maximum atomic E-state index is 5.32. The van der Waals surface area contributed by atoms with E-state index >= 15 is 0 Å². The summed E-state index contributed by atoms with van der Waals surface area (Å²) < 4.78 is 0. The van der Waals surface area contributed by atoms with Crippen LogP contribution >= 0.6 is 0 Å². The minimum absolute atomic E-state index is 0.332. The van der Waals surface area contributed by atoms with Crippen LogP contribution in [-0.2, 0) is 6.42 Å². The number of nitrogens with one attached hydrogen (secondary N) is 1. The molecule has 0 aliphatic heterocycles. The molecule has 60 valence electrons. The molecular formula is C7H12N4. The van der Waals surface area contributed by atoms with Crippen LogP contribution in [-0.4, -0.2) is 23.6 Å². The molecular weight excluding hydrogens is 140 g/mol. The molecule has 0 saturated carbocycles. The van der Waals surface area contributed by atoms with E-state index < -0.39 is 0 Å². The number of rotatable bonds is 3. The summed E-state index contributed by atoms with van der Waals surface area (Å²) in [6, 6.07) is 0. The molecule has 0 aliphatic rings. The summed E-state index contributed by atoms with van der Waals surface area (Å²) >= 11 is 0. The van der Waals surface area contributed by atoms with Crippen LogP contribution in [0.25, 0.3) is 0 Å². The highest BCUT2D eigenvalue weighted by Gasteiger charge is 1.92. The number of nitrogens with zero attached hydrogens (tertiary/aromatic N) is 2. The summed E-state index contributed by atoms with van der Waals surface area (Å²) in [6.07, 6.45) is 4.44. The molecule has 0 fully saturated rings. The van der Waals surface area contributed by atoms with E-state index in [-0.39, 0.29) is 0 Å². The lowest BCUT2D eigenvalue weighted by molar-refractivity contribution is 0.786. The van der Waals surface area contributed by atoms with Gasteiger partial charge in [0.05, 0.1) is 0 Å². The molecule has 0 bridgehead atoms. The third-order valence-electron chi connectivity index (χ3n) is 1.39. The zero-order chi connectivity index (χ0) is 8.10. The number of aromatic nitrogens is 2. The monoisotopic (exact) mass is 152 g/mol. The first-order valence-electron chi connectivity index (χ1n) is 3.54.